The van der Waals surface area contributed by atoms with Crippen molar-refractivity contribution in [1.29, 1.82) is 0 Å². The minimum atomic E-state index is 0.0347. The van der Waals surface area contributed by atoms with Gasteiger partial charge in [0, 0.05) is 0 Å². The number of carbonyl (C=O) groups is 1. The lowest BCUT2D eigenvalue weighted by molar-refractivity contribution is -0.118. The second kappa shape index (κ2) is 1.50. The van der Waals surface area contributed by atoms with Crippen LogP contribution in [0.4, 0.5) is 0 Å². The molecule has 1 atom stereocenters. The van der Waals surface area contributed by atoms with Crippen LogP contribution in [0, 0.1) is 0 Å². The van der Waals surface area contributed by atoms with Crippen molar-refractivity contribution in [2.75, 3.05) is 6.54 Å². The Labute approximate surface area is 42.1 Å². The molecule has 0 bridgehead atoms. The van der Waals surface area contributed by atoms with Crippen LogP contribution in [0.1, 0.15) is 6.92 Å². The van der Waals surface area contributed by atoms with Gasteiger partial charge in [-0.2, -0.15) is 0 Å². The molecule has 0 aliphatic carbocycles. The molecule has 1 N–H and O–H groups in total. The minimum absolute atomic E-state index is 0.0347. The summed E-state index contributed by atoms with van der Waals surface area (Å²) in [5.41, 5.74) is 0. The standard InChI is InChI=1S/C4H7N2O/c1-3-5-2-4(7)6-3/h3H,2H2,1H3,(H,6,7). The third kappa shape index (κ3) is 0.899. The number of hydrogen-bond donors (Lipinski definition) is 1. The average Bonchev–Trinajstić information content (AvgIpc) is 1.87. The van der Waals surface area contributed by atoms with Crippen LogP contribution in [0.2, 0.25) is 0 Å². The summed E-state index contributed by atoms with van der Waals surface area (Å²) in [6, 6.07) is 0. The van der Waals surface area contributed by atoms with Gasteiger partial charge in [0.25, 0.3) is 0 Å². The van der Waals surface area contributed by atoms with E-state index in [0.717, 1.165) is 0 Å². The lowest BCUT2D eigenvalue weighted by Crippen LogP contribution is -2.24. The molecule has 3 heteroatoms. The van der Waals surface area contributed by atoms with Crippen LogP contribution in [0.5, 0.6) is 0 Å². The fourth-order valence-electron chi connectivity index (χ4n) is 0.544. The van der Waals surface area contributed by atoms with E-state index in [9.17, 15) is 4.79 Å². The van der Waals surface area contributed by atoms with E-state index in [0.29, 0.717) is 6.54 Å². The fourth-order valence-corrected chi connectivity index (χ4v) is 0.544. The van der Waals surface area contributed by atoms with Gasteiger partial charge in [-0.3, -0.25) is 4.79 Å². The number of rotatable bonds is 0. The van der Waals surface area contributed by atoms with E-state index < -0.39 is 0 Å². The highest BCUT2D eigenvalue weighted by Gasteiger charge is 2.15. The molecule has 0 saturated carbocycles. The maximum Gasteiger partial charge on any atom is 0.236 e. The van der Waals surface area contributed by atoms with Gasteiger partial charge in [0.1, 0.15) is 0 Å². The number of nitrogens with one attached hydrogen (secondary N) is 1. The molecule has 39 valence electrons. The largest absolute Gasteiger partial charge is 0.338 e. The van der Waals surface area contributed by atoms with Gasteiger partial charge < -0.3 is 5.32 Å². The second-order valence-electron chi connectivity index (χ2n) is 1.58. The maximum absolute atomic E-state index is 10.2. The minimum Gasteiger partial charge on any atom is -0.338 e. The number of hydrogen-bond acceptors (Lipinski definition) is 1. The van der Waals surface area contributed by atoms with Crippen LogP contribution in [0.25, 0.3) is 0 Å². The third-order valence-electron chi connectivity index (χ3n) is 0.879. The molecule has 0 aromatic heterocycles. The Hall–Kier alpha value is -0.570. The lowest BCUT2D eigenvalue weighted by atomic mass is 10.6. The lowest BCUT2D eigenvalue weighted by Gasteiger charge is -1.94. The maximum atomic E-state index is 10.2. The summed E-state index contributed by atoms with van der Waals surface area (Å²) in [4.78, 5) is 10.2. The topological polar surface area (TPSA) is 43.2 Å². The molecule has 1 saturated heterocycles. The number of nitrogens with zero attached hydrogens (tertiary/aromatic N) is 1. The fraction of sp³-hybridized carbons (Fsp3) is 0.750. The SMILES string of the molecule is CC1[N]CC(=O)N1. The van der Waals surface area contributed by atoms with E-state index in [1.807, 2.05) is 6.92 Å². The summed E-state index contributed by atoms with van der Waals surface area (Å²) in [6.45, 7) is 2.20. The Morgan fingerprint density at radius 1 is 2.00 bits per heavy atom. The Morgan fingerprint density at radius 3 is 2.86 bits per heavy atom. The van der Waals surface area contributed by atoms with Crippen molar-refractivity contribution >= 4 is 5.91 Å². The van der Waals surface area contributed by atoms with Gasteiger partial charge in [0.15, 0.2) is 0 Å². The first-order chi connectivity index (χ1) is 3.29. The quantitative estimate of drug-likeness (QED) is 0.418. The van der Waals surface area contributed by atoms with Crippen molar-refractivity contribution in [1.82, 2.24) is 10.6 Å². The predicted octanol–water partition coefficient (Wildman–Crippen LogP) is -0.933. The molecule has 1 radical (unpaired) electrons. The Balaban J connectivity index is 2.40. The number of carbonyl (C=O) groups excluding carboxylic acids is 1. The van der Waals surface area contributed by atoms with Gasteiger partial charge in [-0.05, 0) is 6.92 Å². The van der Waals surface area contributed by atoms with Crippen molar-refractivity contribution in [2.24, 2.45) is 0 Å². The highest BCUT2D eigenvalue weighted by molar-refractivity contribution is 5.80. The summed E-state index contributed by atoms with van der Waals surface area (Å²) in [6.07, 6.45) is 0.0486. The average molecular weight is 99.1 g/mol. The molecule has 1 unspecified atom stereocenters. The van der Waals surface area contributed by atoms with Gasteiger partial charge >= 0.3 is 0 Å². The summed E-state index contributed by atoms with van der Waals surface area (Å²) < 4.78 is 0. The van der Waals surface area contributed by atoms with Crippen molar-refractivity contribution < 1.29 is 4.79 Å². The van der Waals surface area contributed by atoms with Crippen LogP contribution < -0.4 is 10.6 Å². The van der Waals surface area contributed by atoms with E-state index in [1.165, 1.54) is 0 Å². The monoisotopic (exact) mass is 99.1 g/mol. The van der Waals surface area contributed by atoms with Gasteiger partial charge in [-0.25, -0.2) is 5.32 Å². The Morgan fingerprint density at radius 2 is 2.71 bits per heavy atom. The number of amides is 1. The van der Waals surface area contributed by atoms with Crippen molar-refractivity contribution in [3.63, 3.8) is 0 Å². The predicted molar refractivity (Wildman–Crippen MR) is 24.6 cm³/mol. The molecule has 3 nitrogen and oxygen atoms in total. The van der Waals surface area contributed by atoms with Crippen molar-refractivity contribution in [3.05, 3.63) is 0 Å². The first kappa shape index (κ1) is 4.59. The van der Waals surface area contributed by atoms with E-state index in [2.05, 4.69) is 10.6 Å². The first-order valence-electron chi connectivity index (χ1n) is 2.25. The Kier molecular flexibility index (Phi) is 0.982. The van der Waals surface area contributed by atoms with Gasteiger partial charge in [0.2, 0.25) is 5.91 Å². The highest BCUT2D eigenvalue weighted by atomic mass is 16.2. The van der Waals surface area contributed by atoms with E-state index >= 15 is 0 Å². The molecule has 1 amide bonds. The molecule has 1 fully saturated rings. The van der Waals surface area contributed by atoms with E-state index in [-0.39, 0.29) is 12.1 Å². The molecule has 1 rings (SSSR count). The molecule has 1 aliphatic rings. The zero-order chi connectivity index (χ0) is 5.28. The van der Waals surface area contributed by atoms with Crippen LogP contribution in [-0.2, 0) is 4.79 Å². The summed E-state index contributed by atoms with van der Waals surface area (Å²) in [5.74, 6) is 0.0347. The second-order valence-corrected chi connectivity index (χ2v) is 1.58. The molecule has 1 aliphatic heterocycles. The third-order valence-corrected chi connectivity index (χ3v) is 0.879. The molecular weight excluding hydrogens is 92.1 g/mol. The highest BCUT2D eigenvalue weighted by Crippen LogP contribution is 1.84. The van der Waals surface area contributed by atoms with Crippen LogP contribution >= 0.6 is 0 Å². The molecule has 0 spiro atoms. The van der Waals surface area contributed by atoms with Crippen molar-refractivity contribution in [2.45, 2.75) is 13.1 Å². The molecule has 1 heterocycles. The normalized spacial score (nSPS) is 30.4. The van der Waals surface area contributed by atoms with Gasteiger partial charge in [-0.15, -0.1) is 0 Å². The summed E-state index contributed by atoms with van der Waals surface area (Å²) in [5, 5.41) is 6.47. The van der Waals surface area contributed by atoms with E-state index in [4.69, 9.17) is 0 Å². The van der Waals surface area contributed by atoms with Crippen molar-refractivity contribution in [3.8, 4) is 0 Å². The summed E-state index contributed by atoms with van der Waals surface area (Å²) >= 11 is 0. The zero-order valence-corrected chi connectivity index (χ0v) is 4.14. The van der Waals surface area contributed by atoms with Crippen LogP contribution in [0.3, 0.4) is 0 Å². The first-order valence-corrected chi connectivity index (χ1v) is 2.25. The molecule has 7 heavy (non-hydrogen) atoms. The van der Waals surface area contributed by atoms with Crippen LogP contribution in [0.15, 0.2) is 0 Å². The molecular formula is C4H7N2O. The smallest absolute Gasteiger partial charge is 0.236 e. The Bertz CT molecular complexity index is 91.7. The molecule has 0 aromatic carbocycles. The zero-order valence-electron chi connectivity index (χ0n) is 4.14. The summed E-state index contributed by atoms with van der Waals surface area (Å²) in [7, 11) is 0. The van der Waals surface area contributed by atoms with Gasteiger partial charge in [-0.1, -0.05) is 0 Å². The van der Waals surface area contributed by atoms with Crippen LogP contribution in [-0.4, -0.2) is 18.6 Å². The van der Waals surface area contributed by atoms with Gasteiger partial charge in [0.05, 0.1) is 12.7 Å². The molecule has 0 aromatic rings. The van der Waals surface area contributed by atoms with E-state index in [1.54, 1.807) is 0 Å².